The van der Waals surface area contributed by atoms with Gasteiger partial charge in [0.2, 0.25) is 0 Å². The van der Waals surface area contributed by atoms with Gasteiger partial charge in [0.15, 0.2) is 0 Å². The number of benzene rings is 1. The smallest absolute Gasteiger partial charge is 0.127 e. The van der Waals surface area contributed by atoms with Crippen molar-refractivity contribution < 1.29 is 8.78 Å². The molecule has 1 aromatic rings. The Hall–Kier alpha value is -1.00. The minimum absolute atomic E-state index is 0.141. The summed E-state index contributed by atoms with van der Waals surface area (Å²) in [6.45, 7) is 5.46. The van der Waals surface area contributed by atoms with Gasteiger partial charge in [-0.25, -0.2) is 8.78 Å². The molecule has 0 aromatic heterocycles. The number of piperazine rings is 1. The van der Waals surface area contributed by atoms with Crippen LogP contribution in [0.25, 0.3) is 0 Å². The second-order valence-electron chi connectivity index (χ2n) is 6.06. The molecule has 2 nitrogen and oxygen atoms in total. The Morgan fingerprint density at radius 3 is 2.89 bits per heavy atom. The molecule has 0 bridgehead atoms. The molecule has 2 aliphatic rings. The molecule has 1 saturated heterocycles. The number of halogens is 2. The van der Waals surface area contributed by atoms with Gasteiger partial charge in [0, 0.05) is 37.3 Å². The SMILES string of the molecule is CC1(C2CC2)CN(Cc2cc(F)ccc2F)CCN1. The molecule has 1 aliphatic heterocycles. The van der Waals surface area contributed by atoms with Crippen molar-refractivity contribution in [1.29, 1.82) is 0 Å². The lowest BCUT2D eigenvalue weighted by atomic mass is 9.92. The zero-order valence-corrected chi connectivity index (χ0v) is 11.3. The summed E-state index contributed by atoms with van der Waals surface area (Å²) in [6, 6.07) is 3.70. The molecule has 2 fully saturated rings. The number of nitrogens with one attached hydrogen (secondary N) is 1. The lowest BCUT2D eigenvalue weighted by Crippen LogP contribution is -2.59. The lowest BCUT2D eigenvalue weighted by Gasteiger charge is -2.42. The maximum absolute atomic E-state index is 13.7. The molecule has 1 N–H and O–H groups in total. The number of nitrogens with zero attached hydrogens (tertiary/aromatic N) is 1. The van der Waals surface area contributed by atoms with Gasteiger partial charge < -0.3 is 5.32 Å². The summed E-state index contributed by atoms with van der Waals surface area (Å²) in [7, 11) is 0. The quantitative estimate of drug-likeness (QED) is 0.904. The van der Waals surface area contributed by atoms with Crippen LogP contribution in [0.1, 0.15) is 25.3 Å². The molecule has 1 unspecified atom stereocenters. The summed E-state index contributed by atoms with van der Waals surface area (Å²) >= 11 is 0. The highest BCUT2D eigenvalue weighted by atomic mass is 19.1. The molecule has 1 saturated carbocycles. The molecule has 0 amide bonds. The van der Waals surface area contributed by atoms with E-state index in [1.54, 1.807) is 0 Å². The van der Waals surface area contributed by atoms with Crippen LogP contribution in [0.2, 0.25) is 0 Å². The van der Waals surface area contributed by atoms with Crippen molar-refractivity contribution in [2.24, 2.45) is 5.92 Å². The standard InChI is InChI=1S/C15H20F2N2/c1-15(12-2-3-12)10-19(7-6-18-15)9-11-8-13(16)4-5-14(11)17/h4-5,8,12,18H,2-3,6-7,9-10H2,1H3. The van der Waals surface area contributed by atoms with E-state index in [4.69, 9.17) is 0 Å². The normalized spacial score (nSPS) is 28.6. The van der Waals surface area contributed by atoms with Crippen LogP contribution in [0.3, 0.4) is 0 Å². The Labute approximate surface area is 112 Å². The second-order valence-corrected chi connectivity index (χ2v) is 6.06. The van der Waals surface area contributed by atoms with Gasteiger partial charge >= 0.3 is 0 Å². The van der Waals surface area contributed by atoms with Crippen LogP contribution in [0.4, 0.5) is 8.78 Å². The summed E-state index contributed by atoms with van der Waals surface area (Å²) in [5.41, 5.74) is 0.599. The molecule has 0 radical (unpaired) electrons. The Balaban J connectivity index is 1.70. The van der Waals surface area contributed by atoms with Gasteiger partial charge in [-0.3, -0.25) is 4.90 Å². The lowest BCUT2D eigenvalue weighted by molar-refractivity contribution is 0.120. The van der Waals surface area contributed by atoms with E-state index in [0.29, 0.717) is 12.1 Å². The topological polar surface area (TPSA) is 15.3 Å². The van der Waals surface area contributed by atoms with Gasteiger partial charge in [0.25, 0.3) is 0 Å². The van der Waals surface area contributed by atoms with E-state index in [2.05, 4.69) is 17.1 Å². The first-order valence-corrected chi connectivity index (χ1v) is 6.98. The van der Waals surface area contributed by atoms with Crippen molar-refractivity contribution in [1.82, 2.24) is 10.2 Å². The molecular formula is C15H20F2N2. The van der Waals surface area contributed by atoms with Gasteiger partial charge in [-0.2, -0.15) is 0 Å². The zero-order chi connectivity index (χ0) is 13.5. The molecule has 1 atom stereocenters. The van der Waals surface area contributed by atoms with Crippen LogP contribution in [-0.4, -0.2) is 30.1 Å². The van der Waals surface area contributed by atoms with Crippen molar-refractivity contribution >= 4 is 0 Å². The summed E-state index contributed by atoms with van der Waals surface area (Å²) in [5.74, 6) is 0.0669. The van der Waals surface area contributed by atoms with E-state index in [-0.39, 0.29) is 17.2 Å². The van der Waals surface area contributed by atoms with Gasteiger partial charge in [-0.05, 0) is 43.9 Å². The molecule has 1 aliphatic carbocycles. The van der Waals surface area contributed by atoms with Crippen LogP contribution in [0, 0.1) is 17.6 Å². The Kier molecular flexibility index (Phi) is 3.31. The van der Waals surface area contributed by atoms with Crippen LogP contribution in [0.5, 0.6) is 0 Å². The van der Waals surface area contributed by atoms with Crippen molar-refractivity contribution in [3.8, 4) is 0 Å². The highest BCUT2D eigenvalue weighted by Gasteiger charge is 2.43. The van der Waals surface area contributed by atoms with Gasteiger partial charge in [0.05, 0.1) is 0 Å². The van der Waals surface area contributed by atoms with Crippen LogP contribution in [-0.2, 0) is 6.54 Å². The van der Waals surface area contributed by atoms with E-state index in [1.165, 1.54) is 31.0 Å². The minimum Gasteiger partial charge on any atom is -0.309 e. The Morgan fingerprint density at radius 1 is 1.37 bits per heavy atom. The maximum Gasteiger partial charge on any atom is 0.127 e. The molecule has 104 valence electrons. The molecule has 19 heavy (non-hydrogen) atoms. The first kappa shape index (κ1) is 13.0. The van der Waals surface area contributed by atoms with Crippen LogP contribution in [0.15, 0.2) is 18.2 Å². The largest absolute Gasteiger partial charge is 0.309 e. The monoisotopic (exact) mass is 266 g/mol. The van der Waals surface area contributed by atoms with E-state index < -0.39 is 0 Å². The molecular weight excluding hydrogens is 246 g/mol. The van der Waals surface area contributed by atoms with Gasteiger partial charge in [0.1, 0.15) is 11.6 Å². The minimum atomic E-state index is -0.364. The highest BCUT2D eigenvalue weighted by Crippen LogP contribution is 2.40. The molecule has 0 spiro atoms. The fourth-order valence-electron chi connectivity index (χ4n) is 3.13. The molecule has 1 aromatic carbocycles. The fraction of sp³-hybridized carbons (Fsp3) is 0.600. The third kappa shape index (κ3) is 2.79. The van der Waals surface area contributed by atoms with E-state index in [0.717, 1.165) is 25.6 Å². The van der Waals surface area contributed by atoms with E-state index in [9.17, 15) is 8.78 Å². The summed E-state index contributed by atoms with van der Waals surface area (Å²) in [6.07, 6.45) is 2.57. The average Bonchev–Trinajstić information content (AvgIpc) is 3.18. The van der Waals surface area contributed by atoms with Crippen molar-refractivity contribution in [2.45, 2.75) is 31.8 Å². The summed E-state index contributed by atoms with van der Waals surface area (Å²) in [5, 5.41) is 3.59. The van der Waals surface area contributed by atoms with E-state index in [1.807, 2.05) is 0 Å². The van der Waals surface area contributed by atoms with E-state index >= 15 is 0 Å². The second kappa shape index (κ2) is 4.84. The Bertz CT molecular complexity index is 473. The number of hydrogen-bond acceptors (Lipinski definition) is 2. The van der Waals surface area contributed by atoms with Gasteiger partial charge in [-0.15, -0.1) is 0 Å². The summed E-state index contributed by atoms with van der Waals surface area (Å²) in [4.78, 5) is 2.23. The van der Waals surface area contributed by atoms with Gasteiger partial charge in [-0.1, -0.05) is 0 Å². The highest BCUT2D eigenvalue weighted by molar-refractivity contribution is 5.19. The molecule has 3 rings (SSSR count). The number of rotatable bonds is 3. The predicted molar refractivity (Wildman–Crippen MR) is 70.8 cm³/mol. The van der Waals surface area contributed by atoms with Crippen molar-refractivity contribution in [3.05, 3.63) is 35.4 Å². The van der Waals surface area contributed by atoms with Crippen LogP contribution < -0.4 is 5.32 Å². The first-order valence-electron chi connectivity index (χ1n) is 6.98. The van der Waals surface area contributed by atoms with Crippen molar-refractivity contribution in [2.75, 3.05) is 19.6 Å². The summed E-state index contributed by atoms with van der Waals surface area (Å²) < 4.78 is 26.9. The predicted octanol–water partition coefficient (Wildman–Crippen LogP) is 2.54. The van der Waals surface area contributed by atoms with Crippen LogP contribution >= 0.6 is 0 Å². The molecule has 1 heterocycles. The Morgan fingerprint density at radius 2 is 2.16 bits per heavy atom. The third-order valence-electron chi connectivity index (χ3n) is 4.39. The fourth-order valence-corrected chi connectivity index (χ4v) is 3.13. The third-order valence-corrected chi connectivity index (χ3v) is 4.39. The average molecular weight is 266 g/mol. The van der Waals surface area contributed by atoms with Crippen molar-refractivity contribution in [3.63, 3.8) is 0 Å². The molecule has 4 heteroatoms. The maximum atomic E-state index is 13.7. The first-order chi connectivity index (χ1) is 9.07. The zero-order valence-electron chi connectivity index (χ0n) is 11.3. The number of hydrogen-bond donors (Lipinski definition) is 1.